The van der Waals surface area contributed by atoms with Gasteiger partial charge in [-0.1, -0.05) is 41.4 Å². The Morgan fingerprint density at radius 3 is 2.41 bits per heavy atom. The number of fused-ring (bicyclic) bond motifs is 3. The Bertz CT molecular complexity index is 1630. The first-order valence-electron chi connectivity index (χ1n) is 10.1. The summed E-state index contributed by atoms with van der Waals surface area (Å²) in [6, 6.07) is 18.5. The fourth-order valence-corrected chi connectivity index (χ4v) is 4.41. The van der Waals surface area contributed by atoms with E-state index in [2.05, 4.69) is 0 Å². The van der Waals surface area contributed by atoms with Crippen LogP contribution in [-0.4, -0.2) is 13.7 Å². The van der Waals surface area contributed by atoms with Crippen molar-refractivity contribution in [1.29, 1.82) is 0 Å². The van der Waals surface area contributed by atoms with Crippen molar-refractivity contribution in [3.63, 3.8) is 0 Å². The van der Waals surface area contributed by atoms with Crippen LogP contribution in [0.2, 0.25) is 5.02 Å². The van der Waals surface area contributed by atoms with Crippen LogP contribution < -0.4 is 11.2 Å². The van der Waals surface area contributed by atoms with Gasteiger partial charge in [-0.2, -0.15) is 0 Å². The molecule has 0 aliphatic rings. The van der Waals surface area contributed by atoms with E-state index < -0.39 is 11.2 Å². The Kier molecular flexibility index (Phi) is 4.75. The maximum atomic E-state index is 13.7. The van der Waals surface area contributed by atoms with Gasteiger partial charge in [0, 0.05) is 17.5 Å². The lowest BCUT2D eigenvalue weighted by Crippen LogP contribution is -2.39. The van der Waals surface area contributed by atoms with Crippen LogP contribution in [0.3, 0.4) is 0 Å². The zero-order valence-electron chi connectivity index (χ0n) is 17.5. The first-order valence-corrected chi connectivity index (χ1v) is 10.5. The fourth-order valence-electron chi connectivity index (χ4n) is 4.23. The number of benzene rings is 3. The minimum atomic E-state index is -0.483. The predicted molar refractivity (Wildman–Crippen MR) is 126 cm³/mol. The number of nitrogens with zero attached hydrogens (tertiary/aromatic N) is 3. The van der Waals surface area contributed by atoms with E-state index in [-0.39, 0.29) is 12.4 Å². The van der Waals surface area contributed by atoms with Crippen LogP contribution in [0.15, 0.2) is 76.3 Å². The molecule has 0 saturated heterocycles. The lowest BCUT2D eigenvalue weighted by atomic mass is 10.1. The molecule has 5 aromatic rings. The highest BCUT2D eigenvalue weighted by Crippen LogP contribution is 2.27. The Hall–Kier alpha value is -3.64. The van der Waals surface area contributed by atoms with Crippen molar-refractivity contribution in [2.24, 2.45) is 7.05 Å². The number of halogens is 2. The van der Waals surface area contributed by atoms with Crippen LogP contribution in [0.5, 0.6) is 0 Å². The SMILES string of the molecule is Cc1ccc2c(c1)c1c(c(=O)n(-c3cccc(Cl)c3)c(=O)n1Cc1ccc(F)cc1)n2C. The molecule has 5 nitrogen and oxygen atoms in total. The number of rotatable bonds is 3. The summed E-state index contributed by atoms with van der Waals surface area (Å²) >= 11 is 6.15. The average molecular weight is 448 g/mol. The van der Waals surface area contributed by atoms with Crippen LogP contribution in [-0.2, 0) is 13.6 Å². The van der Waals surface area contributed by atoms with E-state index in [1.807, 2.05) is 36.7 Å². The van der Waals surface area contributed by atoms with Gasteiger partial charge < -0.3 is 4.57 Å². The second-order valence-corrected chi connectivity index (χ2v) is 8.33. The summed E-state index contributed by atoms with van der Waals surface area (Å²) in [4.78, 5) is 27.3. The smallest absolute Gasteiger partial charge is 0.336 e. The van der Waals surface area contributed by atoms with E-state index in [1.165, 1.54) is 12.1 Å². The van der Waals surface area contributed by atoms with Crippen molar-refractivity contribution < 1.29 is 4.39 Å². The van der Waals surface area contributed by atoms with Gasteiger partial charge in [0.15, 0.2) is 0 Å². The largest absolute Gasteiger partial charge is 0.338 e. The molecule has 2 heterocycles. The highest BCUT2D eigenvalue weighted by atomic mass is 35.5. The maximum absolute atomic E-state index is 13.7. The summed E-state index contributed by atoms with van der Waals surface area (Å²) in [5.74, 6) is -0.351. The molecule has 0 bridgehead atoms. The zero-order valence-corrected chi connectivity index (χ0v) is 18.2. The lowest BCUT2D eigenvalue weighted by Gasteiger charge is -2.14. The highest BCUT2D eigenvalue weighted by molar-refractivity contribution is 6.30. The number of hydrogen-bond acceptors (Lipinski definition) is 2. The van der Waals surface area contributed by atoms with Crippen molar-refractivity contribution in [3.05, 3.63) is 110 Å². The molecule has 0 amide bonds. The molecule has 0 atom stereocenters. The molecule has 0 aliphatic heterocycles. The number of aromatic nitrogens is 3. The van der Waals surface area contributed by atoms with Crippen molar-refractivity contribution in [3.8, 4) is 5.69 Å². The van der Waals surface area contributed by atoms with Gasteiger partial charge in [0.05, 0.1) is 23.3 Å². The van der Waals surface area contributed by atoms with Crippen molar-refractivity contribution in [2.45, 2.75) is 13.5 Å². The second kappa shape index (κ2) is 7.50. The first-order chi connectivity index (χ1) is 15.3. The lowest BCUT2D eigenvalue weighted by molar-refractivity contribution is 0.625. The molecule has 5 rings (SSSR count). The van der Waals surface area contributed by atoms with E-state index in [4.69, 9.17) is 11.6 Å². The molecule has 0 radical (unpaired) electrons. The molecular formula is C25H19ClFN3O2. The van der Waals surface area contributed by atoms with Gasteiger partial charge in [0.25, 0.3) is 5.56 Å². The molecule has 2 aromatic heterocycles. The summed E-state index contributed by atoms with van der Waals surface area (Å²) in [5.41, 5.74) is 3.07. The standard InChI is InChI=1S/C25H19ClFN3O2/c1-15-6-11-21-20(12-15)22-23(28(21)2)24(31)30(19-5-3-4-17(26)13-19)25(32)29(22)14-16-7-9-18(27)10-8-16/h3-13H,14H2,1-2H3. The molecule has 0 aliphatic carbocycles. The summed E-state index contributed by atoms with van der Waals surface area (Å²) in [5, 5.41) is 1.24. The monoisotopic (exact) mass is 447 g/mol. The van der Waals surface area contributed by atoms with Gasteiger partial charge in [-0.15, -0.1) is 0 Å². The minimum Gasteiger partial charge on any atom is -0.338 e. The van der Waals surface area contributed by atoms with E-state index in [9.17, 15) is 14.0 Å². The number of hydrogen-bond donors (Lipinski definition) is 0. The van der Waals surface area contributed by atoms with Crippen molar-refractivity contribution in [1.82, 2.24) is 13.7 Å². The van der Waals surface area contributed by atoms with Gasteiger partial charge >= 0.3 is 5.69 Å². The Labute approximate surface area is 187 Å². The molecule has 0 unspecified atom stereocenters. The summed E-state index contributed by atoms with van der Waals surface area (Å²) in [7, 11) is 1.82. The van der Waals surface area contributed by atoms with E-state index in [0.717, 1.165) is 26.6 Å². The van der Waals surface area contributed by atoms with Gasteiger partial charge in [-0.05, 0) is 55.0 Å². The Morgan fingerprint density at radius 2 is 1.69 bits per heavy atom. The topological polar surface area (TPSA) is 48.9 Å². The van der Waals surface area contributed by atoms with Gasteiger partial charge in [-0.25, -0.2) is 13.8 Å². The Balaban J connectivity index is 1.94. The molecule has 0 spiro atoms. The van der Waals surface area contributed by atoms with Gasteiger partial charge in [0.2, 0.25) is 0 Å². The fraction of sp³-hybridized carbons (Fsp3) is 0.120. The summed E-state index contributed by atoms with van der Waals surface area (Å²) in [6.45, 7) is 2.15. The third-order valence-electron chi connectivity index (χ3n) is 5.75. The molecule has 3 aromatic carbocycles. The molecule has 7 heteroatoms. The summed E-state index contributed by atoms with van der Waals surface area (Å²) < 4.78 is 18.0. The first kappa shape index (κ1) is 20.3. The molecular weight excluding hydrogens is 429 g/mol. The van der Waals surface area contributed by atoms with Crippen molar-refractivity contribution >= 4 is 33.5 Å². The van der Waals surface area contributed by atoms with Crippen LogP contribution in [0.4, 0.5) is 4.39 Å². The predicted octanol–water partition coefficient (Wildman–Crippen LogP) is 4.79. The number of aryl methyl sites for hydroxylation is 2. The quantitative estimate of drug-likeness (QED) is 0.399. The molecule has 160 valence electrons. The third-order valence-corrected chi connectivity index (χ3v) is 5.98. The van der Waals surface area contributed by atoms with E-state index in [1.54, 1.807) is 41.0 Å². The molecule has 0 saturated carbocycles. The molecule has 0 fully saturated rings. The van der Waals surface area contributed by atoms with Crippen LogP contribution in [0.1, 0.15) is 11.1 Å². The van der Waals surface area contributed by atoms with Gasteiger partial charge in [-0.3, -0.25) is 9.36 Å². The highest BCUT2D eigenvalue weighted by Gasteiger charge is 2.21. The van der Waals surface area contributed by atoms with Crippen LogP contribution in [0, 0.1) is 12.7 Å². The van der Waals surface area contributed by atoms with Gasteiger partial charge in [0.1, 0.15) is 11.3 Å². The van der Waals surface area contributed by atoms with E-state index >= 15 is 0 Å². The van der Waals surface area contributed by atoms with E-state index in [0.29, 0.717) is 21.7 Å². The molecule has 0 N–H and O–H groups in total. The maximum Gasteiger partial charge on any atom is 0.336 e. The zero-order chi connectivity index (χ0) is 22.6. The third kappa shape index (κ3) is 3.15. The normalized spacial score (nSPS) is 11.5. The van der Waals surface area contributed by atoms with Crippen LogP contribution in [0.25, 0.3) is 27.6 Å². The Morgan fingerprint density at radius 1 is 0.938 bits per heavy atom. The average Bonchev–Trinajstić information content (AvgIpc) is 3.04. The summed E-state index contributed by atoms with van der Waals surface area (Å²) in [6.07, 6.45) is 0. The minimum absolute atomic E-state index is 0.184. The second-order valence-electron chi connectivity index (χ2n) is 7.89. The van der Waals surface area contributed by atoms with Crippen molar-refractivity contribution in [2.75, 3.05) is 0 Å². The van der Waals surface area contributed by atoms with Crippen LogP contribution >= 0.6 is 11.6 Å². The molecule has 32 heavy (non-hydrogen) atoms.